The molecule has 1 unspecified atom stereocenters. The Bertz CT molecular complexity index is 1050. The fourth-order valence-electron chi connectivity index (χ4n) is 2.48. The summed E-state index contributed by atoms with van der Waals surface area (Å²) < 4.78 is 31.4. The molecule has 0 heterocycles. The summed E-state index contributed by atoms with van der Waals surface area (Å²) in [5, 5.41) is 0. The molecule has 31 heavy (non-hydrogen) atoms. The largest absolute Gasteiger partial charge is 0.481 e. The van der Waals surface area contributed by atoms with E-state index in [9.17, 15) is 22.8 Å². The van der Waals surface area contributed by atoms with E-state index in [-0.39, 0.29) is 10.7 Å². The van der Waals surface area contributed by atoms with Crippen molar-refractivity contribution in [2.24, 2.45) is 0 Å². The third-order valence-corrected chi connectivity index (χ3v) is 6.18. The first-order valence-electron chi connectivity index (χ1n) is 9.40. The van der Waals surface area contributed by atoms with E-state index in [1.807, 2.05) is 6.92 Å². The minimum Gasteiger partial charge on any atom is -0.481 e. The Hall–Kier alpha value is -3.24. The number of amides is 2. The Balaban J connectivity index is 1.86. The number of nitrogens with one attached hydrogen (secondary N) is 2. The van der Waals surface area contributed by atoms with Gasteiger partial charge in [-0.3, -0.25) is 25.2 Å². The normalized spacial score (nSPS) is 12.2. The van der Waals surface area contributed by atoms with Crippen molar-refractivity contribution in [1.29, 1.82) is 0 Å². The number of Topliss-reactive ketones (excluding diaryl/α,β-unsaturated/α-hetero) is 1. The minimum absolute atomic E-state index is 0.0650. The fourth-order valence-corrected chi connectivity index (χ4v) is 3.60. The van der Waals surface area contributed by atoms with Crippen LogP contribution in [0.15, 0.2) is 53.4 Å². The maximum absolute atomic E-state index is 12.5. The molecule has 2 N–H and O–H groups in total. The third-order valence-electron chi connectivity index (χ3n) is 4.36. The molecular weight excluding hydrogens is 422 g/mol. The zero-order chi connectivity index (χ0) is 23.2. The van der Waals surface area contributed by atoms with Gasteiger partial charge < -0.3 is 4.74 Å². The van der Waals surface area contributed by atoms with Crippen LogP contribution in [-0.4, -0.2) is 50.0 Å². The van der Waals surface area contributed by atoms with E-state index in [2.05, 4.69) is 10.9 Å². The summed E-state index contributed by atoms with van der Waals surface area (Å²) in [6.07, 6.45) is -0.947. The van der Waals surface area contributed by atoms with Crippen molar-refractivity contribution in [3.63, 3.8) is 0 Å². The van der Waals surface area contributed by atoms with Gasteiger partial charge in [0.15, 0.2) is 11.9 Å². The first-order chi connectivity index (χ1) is 14.5. The molecule has 0 aromatic heterocycles. The van der Waals surface area contributed by atoms with E-state index < -0.39 is 34.5 Å². The van der Waals surface area contributed by atoms with Crippen molar-refractivity contribution in [2.45, 2.75) is 31.8 Å². The molecule has 0 radical (unpaired) electrons. The number of carbonyl (C=O) groups excluding carboxylic acids is 3. The summed E-state index contributed by atoms with van der Waals surface area (Å²) in [7, 11) is -2.57. The summed E-state index contributed by atoms with van der Waals surface area (Å²) in [6, 6.07) is 12.5. The first-order valence-corrected chi connectivity index (χ1v) is 10.8. The predicted octanol–water partition coefficient (Wildman–Crippen LogP) is 1.43. The van der Waals surface area contributed by atoms with Crippen LogP contribution in [-0.2, 0) is 19.6 Å². The van der Waals surface area contributed by atoms with Crippen LogP contribution in [0.5, 0.6) is 5.75 Å². The molecule has 2 aromatic rings. The van der Waals surface area contributed by atoms with Crippen molar-refractivity contribution in [3.8, 4) is 5.75 Å². The van der Waals surface area contributed by atoms with Gasteiger partial charge in [-0.1, -0.05) is 17.7 Å². The number of likely N-dealkylation sites (N-methyl/N-ethyl adjacent to an activating group) is 1. The van der Waals surface area contributed by atoms with Crippen molar-refractivity contribution in [2.75, 3.05) is 13.6 Å². The highest BCUT2D eigenvalue weighted by Crippen LogP contribution is 2.15. The molecule has 0 saturated heterocycles. The van der Waals surface area contributed by atoms with Crippen LogP contribution in [0.4, 0.5) is 0 Å². The van der Waals surface area contributed by atoms with Gasteiger partial charge in [0.05, 0.1) is 11.4 Å². The second kappa shape index (κ2) is 10.2. The SMILES string of the molecule is CC(=O)c1ccc(OC(C)C(=O)NNC(=O)CN(C)S(=O)(=O)c2ccc(C)cc2)cc1. The maximum atomic E-state index is 12.5. The number of aryl methyl sites for hydroxylation is 1. The van der Waals surface area contributed by atoms with Gasteiger partial charge in [-0.2, -0.15) is 4.31 Å². The zero-order valence-corrected chi connectivity index (χ0v) is 18.5. The molecular formula is C21H25N3O6S. The predicted molar refractivity (Wildman–Crippen MR) is 114 cm³/mol. The van der Waals surface area contributed by atoms with E-state index in [0.717, 1.165) is 9.87 Å². The number of hydrogen-bond donors (Lipinski definition) is 2. The summed E-state index contributed by atoms with van der Waals surface area (Å²) in [5.74, 6) is -1.06. The molecule has 10 heteroatoms. The number of nitrogens with zero attached hydrogens (tertiary/aromatic N) is 1. The van der Waals surface area contributed by atoms with Crippen LogP contribution in [0.2, 0.25) is 0 Å². The van der Waals surface area contributed by atoms with Crippen molar-refractivity contribution in [1.82, 2.24) is 15.2 Å². The lowest BCUT2D eigenvalue weighted by atomic mass is 10.1. The van der Waals surface area contributed by atoms with Crippen molar-refractivity contribution < 1.29 is 27.5 Å². The fraction of sp³-hybridized carbons (Fsp3) is 0.286. The molecule has 0 spiro atoms. The van der Waals surface area contributed by atoms with Crippen LogP contribution in [0.1, 0.15) is 29.8 Å². The first kappa shape index (κ1) is 24.0. The van der Waals surface area contributed by atoms with Gasteiger partial charge in [0.2, 0.25) is 10.0 Å². The number of ether oxygens (including phenoxy) is 1. The zero-order valence-electron chi connectivity index (χ0n) is 17.7. The Morgan fingerprint density at radius 2 is 1.58 bits per heavy atom. The number of sulfonamides is 1. The Morgan fingerprint density at radius 1 is 1.00 bits per heavy atom. The summed E-state index contributed by atoms with van der Waals surface area (Å²) in [5.41, 5.74) is 5.79. The molecule has 0 aliphatic rings. The smallest absolute Gasteiger partial charge is 0.279 e. The molecule has 0 aliphatic heterocycles. The van der Waals surface area contributed by atoms with Gasteiger partial charge in [0, 0.05) is 12.6 Å². The van der Waals surface area contributed by atoms with Crippen LogP contribution >= 0.6 is 0 Å². The van der Waals surface area contributed by atoms with E-state index in [0.29, 0.717) is 11.3 Å². The number of hydrogen-bond acceptors (Lipinski definition) is 6. The second-order valence-electron chi connectivity index (χ2n) is 6.95. The van der Waals surface area contributed by atoms with Gasteiger partial charge in [-0.25, -0.2) is 8.42 Å². The van der Waals surface area contributed by atoms with Crippen molar-refractivity contribution >= 4 is 27.6 Å². The molecule has 2 aromatic carbocycles. The lowest BCUT2D eigenvalue weighted by Crippen LogP contribution is -2.50. The summed E-state index contributed by atoms with van der Waals surface area (Å²) in [6.45, 7) is 4.27. The molecule has 0 bridgehead atoms. The highest BCUT2D eigenvalue weighted by atomic mass is 32.2. The number of carbonyl (C=O) groups is 3. The Labute approximate surface area is 181 Å². The van der Waals surface area contributed by atoms with E-state index in [1.165, 1.54) is 33.0 Å². The lowest BCUT2D eigenvalue weighted by Gasteiger charge is -2.18. The molecule has 0 aliphatic carbocycles. The second-order valence-corrected chi connectivity index (χ2v) is 9.00. The molecule has 0 saturated carbocycles. The average Bonchev–Trinajstić information content (AvgIpc) is 2.72. The van der Waals surface area contributed by atoms with Gasteiger partial charge in [0.1, 0.15) is 5.75 Å². The maximum Gasteiger partial charge on any atom is 0.279 e. The monoisotopic (exact) mass is 447 g/mol. The van der Waals surface area contributed by atoms with Crippen LogP contribution in [0, 0.1) is 6.92 Å². The summed E-state index contributed by atoms with van der Waals surface area (Å²) >= 11 is 0. The number of benzene rings is 2. The highest BCUT2D eigenvalue weighted by Gasteiger charge is 2.23. The average molecular weight is 448 g/mol. The Kier molecular flexibility index (Phi) is 7.89. The molecule has 166 valence electrons. The highest BCUT2D eigenvalue weighted by molar-refractivity contribution is 7.89. The van der Waals surface area contributed by atoms with E-state index >= 15 is 0 Å². The summed E-state index contributed by atoms with van der Waals surface area (Å²) in [4.78, 5) is 35.5. The van der Waals surface area contributed by atoms with E-state index in [1.54, 1.807) is 36.4 Å². The third kappa shape index (κ3) is 6.63. The van der Waals surface area contributed by atoms with Gasteiger partial charge in [0.25, 0.3) is 11.8 Å². The van der Waals surface area contributed by atoms with Crippen LogP contribution in [0.25, 0.3) is 0 Å². The van der Waals surface area contributed by atoms with Gasteiger partial charge >= 0.3 is 0 Å². The number of hydrazine groups is 1. The standard InChI is InChI=1S/C21H25N3O6S/c1-14-5-11-19(12-6-14)31(28,29)24(4)13-20(26)22-23-21(27)16(3)30-18-9-7-17(8-10-18)15(2)25/h5-12,16H,13H2,1-4H3,(H,22,26)(H,23,27). The van der Waals surface area contributed by atoms with Crippen LogP contribution in [0.3, 0.4) is 0 Å². The topological polar surface area (TPSA) is 122 Å². The molecule has 2 rings (SSSR count). The van der Waals surface area contributed by atoms with Gasteiger partial charge in [-0.05, 0) is 57.2 Å². The minimum atomic E-state index is -3.84. The number of rotatable bonds is 8. The van der Waals surface area contributed by atoms with Gasteiger partial charge in [-0.15, -0.1) is 0 Å². The van der Waals surface area contributed by atoms with Crippen LogP contribution < -0.4 is 15.6 Å². The lowest BCUT2D eigenvalue weighted by molar-refractivity contribution is -0.132. The van der Waals surface area contributed by atoms with Crippen molar-refractivity contribution in [3.05, 3.63) is 59.7 Å². The van der Waals surface area contributed by atoms with E-state index in [4.69, 9.17) is 4.74 Å². The molecule has 2 amide bonds. The quantitative estimate of drug-likeness (QED) is 0.466. The Morgan fingerprint density at radius 3 is 2.13 bits per heavy atom. The molecule has 1 atom stereocenters. The molecule has 9 nitrogen and oxygen atoms in total. The number of ketones is 1. The molecule has 0 fully saturated rings.